The van der Waals surface area contributed by atoms with Crippen LogP contribution < -0.4 is 10.6 Å². The first-order valence-electron chi connectivity index (χ1n) is 9.95. The van der Waals surface area contributed by atoms with E-state index >= 15 is 0 Å². The molecule has 2 aromatic rings. The van der Waals surface area contributed by atoms with Gasteiger partial charge in [-0.1, -0.05) is 22.7 Å². The lowest BCUT2D eigenvalue weighted by atomic mass is 10.2. The fourth-order valence-electron chi connectivity index (χ4n) is 2.18. The normalized spacial score (nSPS) is 12.3. The van der Waals surface area contributed by atoms with Crippen molar-refractivity contribution in [2.45, 2.75) is 65.6 Å². The van der Waals surface area contributed by atoms with Gasteiger partial charge in [0.15, 0.2) is 9.84 Å². The summed E-state index contributed by atoms with van der Waals surface area (Å²) in [6.07, 6.45) is -0.986. The second kappa shape index (κ2) is 10.7. The summed E-state index contributed by atoms with van der Waals surface area (Å²) in [5.41, 5.74) is -1.30. The fraction of sp³-hybridized carbons (Fsp3) is 0.667. The maximum atomic E-state index is 12.4. The van der Waals surface area contributed by atoms with Crippen LogP contribution in [0.25, 0.3) is 0 Å². The SMILES string of the molecule is CC(C)(C)OC(=O)Nc1nnc(CCS(=O)(=O)CCc2nnc(NC(=O)OC(C)(C)C)s2)s1. The Hall–Kier alpha value is -2.39. The van der Waals surface area contributed by atoms with E-state index in [0.29, 0.717) is 10.0 Å². The molecule has 0 aliphatic heterocycles. The van der Waals surface area contributed by atoms with Crippen molar-refractivity contribution < 1.29 is 27.5 Å². The van der Waals surface area contributed by atoms with Crippen molar-refractivity contribution in [2.75, 3.05) is 22.1 Å². The highest BCUT2D eigenvalue weighted by Crippen LogP contribution is 2.20. The Morgan fingerprint density at radius 2 is 1.12 bits per heavy atom. The minimum absolute atomic E-state index is 0.129. The molecule has 2 aromatic heterocycles. The molecule has 33 heavy (non-hydrogen) atoms. The summed E-state index contributed by atoms with van der Waals surface area (Å²) >= 11 is 2.17. The maximum absolute atomic E-state index is 12.4. The molecule has 12 nitrogen and oxygen atoms in total. The van der Waals surface area contributed by atoms with Gasteiger partial charge in [0.2, 0.25) is 10.3 Å². The molecule has 0 aliphatic carbocycles. The van der Waals surface area contributed by atoms with Crippen LogP contribution in [-0.2, 0) is 32.2 Å². The van der Waals surface area contributed by atoms with Crippen molar-refractivity contribution in [3.63, 3.8) is 0 Å². The zero-order valence-corrected chi connectivity index (χ0v) is 21.7. The molecule has 2 amide bonds. The van der Waals surface area contributed by atoms with Crippen molar-refractivity contribution in [3.05, 3.63) is 10.0 Å². The number of hydrogen-bond acceptors (Lipinski definition) is 12. The Balaban J connectivity index is 1.80. The number of amides is 2. The first-order valence-corrected chi connectivity index (χ1v) is 13.4. The number of rotatable bonds is 8. The van der Waals surface area contributed by atoms with Crippen LogP contribution in [0.4, 0.5) is 19.9 Å². The van der Waals surface area contributed by atoms with Crippen LogP contribution in [0.2, 0.25) is 0 Å². The van der Waals surface area contributed by atoms with E-state index < -0.39 is 33.2 Å². The molecule has 2 N–H and O–H groups in total. The van der Waals surface area contributed by atoms with Crippen molar-refractivity contribution in [3.8, 4) is 0 Å². The third-order valence-corrected chi connectivity index (χ3v) is 6.85. The van der Waals surface area contributed by atoms with E-state index in [-0.39, 0.29) is 34.6 Å². The van der Waals surface area contributed by atoms with Crippen LogP contribution in [0.3, 0.4) is 0 Å². The van der Waals surface area contributed by atoms with Gasteiger partial charge >= 0.3 is 12.2 Å². The average Bonchev–Trinajstić information content (AvgIpc) is 3.24. The highest BCUT2D eigenvalue weighted by Gasteiger charge is 2.20. The third kappa shape index (κ3) is 10.9. The molecule has 184 valence electrons. The summed E-state index contributed by atoms with van der Waals surface area (Å²) < 4.78 is 35.1. The number of nitrogens with zero attached hydrogens (tertiary/aromatic N) is 4. The zero-order valence-electron chi connectivity index (χ0n) is 19.3. The van der Waals surface area contributed by atoms with Crippen LogP contribution in [0.1, 0.15) is 51.6 Å². The summed E-state index contributed by atoms with van der Waals surface area (Å²) in [5, 5.41) is 21.8. The summed E-state index contributed by atoms with van der Waals surface area (Å²) in [4.78, 5) is 23.5. The molecule has 0 aromatic carbocycles. The summed E-state index contributed by atoms with van der Waals surface area (Å²) in [5.74, 6) is -0.258. The van der Waals surface area contributed by atoms with Crippen molar-refractivity contribution >= 4 is 55.0 Å². The number of anilines is 2. The monoisotopic (exact) mass is 520 g/mol. The molecule has 2 heterocycles. The van der Waals surface area contributed by atoms with Gasteiger partial charge in [0.25, 0.3) is 0 Å². The third-order valence-electron chi connectivity index (χ3n) is 3.40. The number of aryl methyl sites for hydroxylation is 2. The van der Waals surface area contributed by atoms with E-state index in [9.17, 15) is 18.0 Å². The lowest BCUT2D eigenvalue weighted by Gasteiger charge is -2.18. The maximum Gasteiger partial charge on any atom is 0.414 e. The Bertz CT molecular complexity index is 990. The van der Waals surface area contributed by atoms with E-state index in [2.05, 4.69) is 31.0 Å². The van der Waals surface area contributed by atoms with Crippen LogP contribution >= 0.6 is 22.7 Å². The smallest absolute Gasteiger partial charge is 0.414 e. The van der Waals surface area contributed by atoms with E-state index in [1.807, 2.05) is 0 Å². The van der Waals surface area contributed by atoms with Gasteiger partial charge in [-0.25, -0.2) is 18.0 Å². The van der Waals surface area contributed by atoms with Crippen molar-refractivity contribution in [1.29, 1.82) is 0 Å². The molecule has 15 heteroatoms. The molecular weight excluding hydrogens is 492 g/mol. The standard InChI is InChI=1S/C18H28N6O6S3/c1-17(2,3)29-15(25)19-13-23-21-11(31-13)7-9-33(27,28)10-8-12-22-24-14(32-12)20-16(26)30-18(4,5)6/h7-10H2,1-6H3,(H,19,23,25)(H,20,24,26). The lowest BCUT2D eigenvalue weighted by molar-refractivity contribution is 0.0624. The second-order valence-corrected chi connectivity index (χ2v) is 13.3. The van der Waals surface area contributed by atoms with Gasteiger partial charge in [0.1, 0.15) is 21.2 Å². The van der Waals surface area contributed by atoms with Crippen molar-refractivity contribution in [2.24, 2.45) is 0 Å². The molecule has 0 saturated heterocycles. The number of carbonyl (C=O) groups excluding carboxylic acids is 2. The van der Waals surface area contributed by atoms with E-state index in [1.54, 1.807) is 41.5 Å². The van der Waals surface area contributed by atoms with Crippen LogP contribution in [-0.4, -0.2) is 63.7 Å². The number of ether oxygens (including phenoxy) is 2. The predicted octanol–water partition coefficient (Wildman–Crippen LogP) is 3.28. The Kier molecular flexibility index (Phi) is 8.70. The van der Waals surface area contributed by atoms with Gasteiger partial charge < -0.3 is 9.47 Å². The molecule has 0 spiro atoms. The van der Waals surface area contributed by atoms with Gasteiger partial charge in [-0.15, -0.1) is 20.4 Å². The van der Waals surface area contributed by atoms with Gasteiger partial charge in [-0.3, -0.25) is 10.6 Å². The van der Waals surface area contributed by atoms with E-state index in [1.165, 1.54) is 0 Å². The van der Waals surface area contributed by atoms with Crippen molar-refractivity contribution in [1.82, 2.24) is 20.4 Å². The number of hydrogen-bond donors (Lipinski definition) is 2. The summed E-state index contributed by atoms with van der Waals surface area (Å²) in [7, 11) is -3.40. The Labute approximate surface area is 200 Å². The van der Waals surface area contributed by atoms with Gasteiger partial charge in [-0.05, 0) is 41.5 Å². The molecular formula is C18H28N6O6S3. The molecule has 2 rings (SSSR count). The quantitative estimate of drug-likeness (QED) is 0.528. The molecule has 0 radical (unpaired) electrons. The first kappa shape index (κ1) is 26.9. The van der Waals surface area contributed by atoms with Crippen LogP contribution in [0.5, 0.6) is 0 Å². The number of sulfone groups is 1. The van der Waals surface area contributed by atoms with Gasteiger partial charge in [-0.2, -0.15) is 0 Å². The van der Waals surface area contributed by atoms with Crippen LogP contribution in [0, 0.1) is 0 Å². The first-order chi connectivity index (χ1) is 15.1. The Morgan fingerprint density at radius 3 is 1.45 bits per heavy atom. The summed E-state index contributed by atoms with van der Waals surface area (Å²) in [6.45, 7) is 10.4. The number of aromatic nitrogens is 4. The summed E-state index contributed by atoms with van der Waals surface area (Å²) in [6, 6.07) is 0. The van der Waals surface area contributed by atoms with E-state index in [0.717, 1.165) is 22.7 Å². The number of nitrogens with one attached hydrogen (secondary N) is 2. The molecule has 0 bridgehead atoms. The molecule has 0 fully saturated rings. The Morgan fingerprint density at radius 1 is 0.758 bits per heavy atom. The largest absolute Gasteiger partial charge is 0.444 e. The topological polar surface area (TPSA) is 162 Å². The average molecular weight is 521 g/mol. The highest BCUT2D eigenvalue weighted by atomic mass is 32.2. The zero-order chi connectivity index (χ0) is 24.9. The second-order valence-electron chi connectivity index (χ2n) is 8.91. The molecule has 0 atom stereocenters. The lowest BCUT2D eigenvalue weighted by Crippen LogP contribution is -2.27. The van der Waals surface area contributed by atoms with Gasteiger partial charge in [0.05, 0.1) is 11.5 Å². The number of carbonyl (C=O) groups is 2. The highest BCUT2D eigenvalue weighted by molar-refractivity contribution is 7.91. The fourth-order valence-corrected chi connectivity index (χ4v) is 5.10. The van der Waals surface area contributed by atoms with Gasteiger partial charge in [0, 0.05) is 12.8 Å². The van der Waals surface area contributed by atoms with E-state index in [4.69, 9.17) is 9.47 Å². The predicted molar refractivity (Wildman–Crippen MR) is 126 cm³/mol. The molecule has 0 unspecified atom stereocenters. The molecule has 0 aliphatic rings. The van der Waals surface area contributed by atoms with Crippen LogP contribution in [0.15, 0.2) is 0 Å². The minimum Gasteiger partial charge on any atom is -0.444 e. The minimum atomic E-state index is -3.40. The molecule has 0 saturated carbocycles.